The van der Waals surface area contributed by atoms with Gasteiger partial charge in [0.2, 0.25) is 0 Å². The van der Waals surface area contributed by atoms with Crippen LogP contribution in [0.1, 0.15) is 35.2 Å². The van der Waals surface area contributed by atoms with Gasteiger partial charge in [-0.3, -0.25) is 9.48 Å². The molecule has 1 aliphatic rings. The lowest BCUT2D eigenvalue weighted by molar-refractivity contribution is -0.137. The zero-order valence-electron chi connectivity index (χ0n) is 14.5. The molecule has 140 valence electrons. The number of alkyl halides is 3. The predicted molar refractivity (Wildman–Crippen MR) is 94.1 cm³/mol. The second kappa shape index (κ2) is 6.37. The molecule has 0 bridgehead atoms. The first-order valence-corrected chi connectivity index (χ1v) is 8.64. The van der Waals surface area contributed by atoms with Crippen molar-refractivity contribution >= 4 is 16.9 Å². The zero-order valence-corrected chi connectivity index (χ0v) is 14.5. The van der Waals surface area contributed by atoms with Gasteiger partial charge in [0, 0.05) is 18.7 Å². The fourth-order valence-electron chi connectivity index (χ4n) is 3.10. The summed E-state index contributed by atoms with van der Waals surface area (Å²) in [5, 5.41) is 7.76. The minimum absolute atomic E-state index is 0.173. The van der Waals surface area contributed by atoms with E-state index < -0.39 is 11.7 Å². The van der Waals surface area contributed by atoms with Crippen LogP contribution in [0.15, 0.2) is 36.5 Å². The number of hydrogen-bond donors (Lipinski definition) is 1. The number of benzene rings is 1. The molecule has 0 spiro atoms. The molecule has 27 heavy (non-hydrogen) atoms. The largest absolute Gasteiger partial charge is 0.416 e. The summed E-state index contributed by atoms with van der Waals surface area (Å²) in [6, 6.07) is 6.53. The van der Waals surface area contributed by atoms with Crippen molar-refractivity contribution in [3.05, 3.63) is 47.7 Å². The van der Waals surface area contributed by atoms with Crippen molar-refractivity contribution in [1.82, 2.24) is 20.1 Å². The van der Waals surface area contributed by atoms with E-state index in [4.69, 9.17) is 0 Å². The van der Waals surface area contributed by atoms with Crippen LogP contribution in [0.4, 0.5) is 13.2 Å². The quantitative estimate of drug-likeness (QED) is 0.756. The number of amides is 1. The van der Waals surface area contributed by atoms with Crippen LogP contribution in [0.25, 0.3) is 22.3 Å². The van der Waals surface area contributed by atoms with Crippen LogP contribution in [-0.2, 0) is 13.2 Å². The number of hydrogen-bond acceptors (Lipinski definition) is 3. The van der Waals surface area contributed by atoms with Gasteiger partial charge in [-0.1, -0.05) is 12.1 Å². The van der Waals surface area contributed by atoms with Gasteiger partial charge < -0.3 is 5.32 Å². The van der Waals surface area contributed by atoms with Crippen LogP contribution in [-0.4, -0.2) is 26.7 Å². The summed E-state index contributed by atoms with van der Waals surface area (Å²) in [7, 11) is 1.71. The summed E-state index contributed by atoms with van der Waals surface area (Å²) in [5.41, 5.74) is 1.14. The van der Waals surface area contributed by atoms with Gasteiger partial charge in [-0.2, -0.15) is 18.3 Å². The number of aryl methyl sites for hydroxylation is 1. The average molecular weight is 374 g/mol. The first-order chi connectivity index (χ1) is 12.8. The van der Waals surface area contributed by atoms with Gasteiger partial charge in [-0.15, -0.1) is 0 Å². The van der Waals surface area contributed by atoms with Gasteiger partial charge >= 0.3 is 6.18 Å². The highest BCUT2D eigenvalue weighted by Gasteiger charge is 2.30. The monoisotopic (exact) mass is 374 g/mol. The van der Waals surface area contributed by atoms with Gasteiger partial charge in [-0.05, 0) is 37.5 Å². The molecule has 1 aliphatic carbocycles. The summed E-state index contributed by atoms with van der Waals surface area (Å²) in [6.07, 6.45) is 0.193. The smallest absolute Gasteiger partial charge is 0.349 e. The Kier molecular flexibility index (Phi) is 4.13. The number of rotatable bonds is 3. The van der Waals surface area contributed by atoms with Crippen LogP contribution in [0.2, 0.25) is 0 Å². The lowest BCUT2D eigenvalue weighted by Crippen LogP contribution is -2.39. The molecule has 1 fully saturated rings. The minimum Gasteiger partial charge on any atom is -0.349 e. The van der Waals surface area contributed by atoms with Crippen LogP contribution < -0.4 is 5.32 Å². The minimum atomic E-state index is -4.40. The van der Waals surface area contributed by atoms with E-state index in [-0.39, 0.29) is 11.9 Å². The highest BCUT2D eigenvalue weighted by Crippen LogP contribution is 2.31. The maximum Gasteiger partial charge on any atom is 0.416 e. The third-order valence-electron chi connectivity index (χ3n) is 4.90. The molecule has 1 aromatic carbocycles. The van der Waals surface area contributed by atoms with Gasteiger partial charge in [-0.25, -0.2) is 4.98 Å². The standard InChI is InChI=1S/C19H17F3N4O/c1-26-17-15(10-23-26)14(18(27)24-13-3-2-4-13)9-16(25-17)11-5-7-12(8-6-11)19(20,21)22/h5-10,13H,2-4H2,1H3,(H,24,27). The van der Waals surface area contributed by atoms with E-state index in [1.54, 1.807) is 24.0 Å². The third kappa shape index (κ3) is 3.27. The lowest BCUT2D eigenvalue weighted by Gasteiger charge is -2.26. The SMILES string of the molecule is Cn1ncc2c(C(=O)NC3CCC3)cc(-c3ccc(C(F)(F)F)cc3)nc21. The Hall–Kier alpha value is -2.90. The summed E-state index contributed by atoms with van der Waals surface area (Å²) >= 11 is 0. The Labute approximate surface area is 153 Å². The molecule has 0 saturated heterocycles. The highest BCUT2D eigenvalue weighted by molar-refractivity contribution is 6.06. The van der Waals surface area contributed by atoms with Crippen molar-refractivity contribution in [3.8, 4) is 11.3 Å². The van der Waals surface area contributed by atoms with E-state index in [1.807, 2.05) is 0 Å². The molecule has 2 heterocycles. The molecule has 5 nitrogen and oxygen atoms in total. The summed E-state index contributed by atoms with van der Waals surface area (Å²) in [4.78, 5) is 17.2. The second-order valence-corrected chi connectivity index (χ2v) is 6.74. The van der Waals surface area contributed by atoms with Crippen LogP contribution in [0, 0.1) is 0 Å². The van der Waals surface area contributed by atoms with Crippen molar-refractivity contribution in [2.24, 2.45) is 7.05 Å². The van der Waals surface area contributed by atoms with E-state index in [1.165, 1.54) is 12.1 Å². The Morgan fingerprint density at radius 3 is 2.52 bits per heavy atom. The number of carbonyl (C=O) groups is 1. The van der Waals surface area contributed by atoms with E-state index in [0.29, 0.717) is 27.9 Å². The van der Waals surface area contributed by atoms with Crippen molar-refractivity contribution in [2.75, 3.05) is 0 Å². The molecule has 2 aromatic heterocycles. The van der Waals surface area contributed by atoms with Crippen molar-refractivity contribution in [2.45, 2.75) is 31.5 Å². The summed E-state index contributed by atoms with van der Waals surface area (Å²) < 4.78 is 39.9. The third-order valence-corrected chi connectivity index (χ3v) is 4.90. The van der Waals surface area contributed by atoms with E-state index in [0.717, 1.165) is 31.4 Å². The Morgan fingerprint density at radius 1 is 1.22 bits per heavy atom. The topological polar surface area (TPSA) is 59.8 Å². The predicted octanol–water partition coefficient (Wildman–Crippen LogP) is 3.94. The fourth-order valence-corrected chi connectivity index (χ4v) is 3.10. The van der Waals surface area contributed by atoms with Crippen molar-refractivity contribution in [3.63, 3.8) is 0 Å². The van der Waals surface area contributed by atoms with Gasteiger partial charge in [0.1, 0.15) is 0 Å². The van der Waals surface area contributed by atoms with E-state index >= 15 is 0 Å². The first kappa shape index (κ1) is 17.5. The number of halogens is 3. The number of carbonyl (C=O) groups excluding carboxylic acids is 1. The zero-order chi connectivity index (χ0) is 19.2. The summed E-state index contributed by atoms with van der Waals surface area (Å²) in [6.45, 7) is 0. The Morgan fingerprint density at radius 2 is 1.93 bits per heavy atom. The number of pyridine rings is 1. The average Bonchev–Trinajstić information content (AvgIpc) is 2.98. The lowest BCUT2D eigenvalue weighted by atomic mass is 9.93. The number of aromatic nitrogens is 3. The highest BCUT2D eigenvalue weighted by atomic mass is 19.4. The maximum absolute atomic E-state index is 12.8. The molecule has 0 aliphatic heterocycles. The fraction of sp³-hybridized carbons (Fsp3) is 0.316. The Balaban J connectivity index is 1.76. The van der Waals surface area contributed by atoms with Gasteiger partial charge in [0.25, 0.3) is 5.91 Å². The molecule has 1 saturated carbocycles. The molecule has 0 atom stereocenters. The maximum atomic E-state index is 12.8. The Bertz CT molecular complexity index is 1000. The van der Waals surface area contributed by atoms with Gasteiger partial charge in [0.15, 0.2) is 5.65 Å². The number of fused-ring (bicyclic) bond motifs is 1. The molecule has 0 radical (unpaired) electrons. The van der Waals surface area contributed by atoms with Crippen LogP contribution in [0.5, 0.6) is 0 Å². The van der Waals surface area contributed by atoms with Gasteiger partial charge in [0.05, 0.1) is 28.4 Å². The normalized spacial score (nSPS) is 15.0. The first-order valence-electron chi connectivity index (χ1n) is 8.64. The van der Waals surface area contributed by atoms with E-state index in [2.05, 4.69) is 15.4 Å². The molecule has 1 N–H and O–H groups in total. The molecular weight excluding hydrogens is 357 g/mol. The second-order valence-electron chi connectivity index (χ2n) is 6.74. The molecule has 4 rings (SSSR count). The molecular formula is C19H17F3N4O. The number of nitrogens with one attached hydrogen (secondary N) is 1. The van der Waals surface area contributed by atoms with Crippen LogP contribution in [0.3, 0.4) is 0 Å². The van der Waals surface area contributed by atoms with Crippen molar-refractivity contribution < 1.29 is 18.0 Å². The molecule has 1 amide bonds. The number of nitrogens with zero attached hydrogens (tertiary/aromatic N) is 3. The van der Waals surface area contributed by atoms with Crippen LogP contribution >= 0.6 is 0 Å². The van der Waals surface area contributed by atoms with E-state index in [9.17, 15) is 18.0 Å². The molecule has 8 heteroatoms. The molecule has 0 unspecified atom stereocenters. The molecule has 3 aromatic rings. The summed E-state index contributed by atoms with van der Waals surface area (Å²) in [5.74, 6) is -0.215. The van der Waals surface area contributed by atoms with Crippen molar-refractivity contribution in [1.29, 1.82) is 0 Å².